The summed E-state index contributed by atoms with van der Waals surface area (Å²) in [5.41, 5.74) is 0. The van der Waals surface area contributed by atoms with Crippen LogP contribution in [0.4, 0.5) is 13.2 Å². The van der Waals surface area contributed by atoms with Crippen molar-refractivity contribution in [1.29, 1.82) is 0 Å². The number of halogens is 3. The minimum Gasteiger partial charge on any atom is -0.492 e. The van der Waals surface area contributed by atoms with Gasteiger partial charge < -0.3 is 9.30 Å². The van der Waals surface area contributed by atoms with E-state index < -0.39 is 22.0 Å². The lowest BCUT2D eigenvalue weighted by atomic mass is 10.3. The van der Waals surface area contributed by atoms with E-state index in [9.17, 15) is 21.6 Å². The Morgan fingerprint density at radius 2 is 1.84 bits per heavy atom. The summed E-state index contributed by atoms with van der Waals surface area (Å²) in [6.07, 6.45) is -4.62. The minimum atomic E-state index is -4.62. The van der Waals surface area contributed by atoms with Crippen molar-refractivity contribution >= 4 is 10.0 Å². The Bertz CT molecular complexity index is 837. The highest BCUT2D eigenvalue weighted by atomic mass is 32.2. The first kappa shape index (κ1) is 17.7. The first-order valence-electron chi connectivity index (χ1n) is 7.42. The van der Waals surface area contributed by atoms with Gasteiger partial charge in [0.2, 0.25) is 15.8 Å². The van der Waals surface area contributed by atoms with Crippen LogP contribution in [0.2, 0.25) is 0 Å². The molecule has 1 aromatic carbocycles. The van der Waals surface area contributed by atoms with Gasteiger partial charge in [0.25, 0.3) is 0 Å². The molecule has 0 saturated carbocycles. The van der Waals surface area contributed by atoms with Crippen molar-refractivity contribution in [2.24, 2.45) is 0 Å². The molecule has 2 heterocycles. The maximum absolute atomic E-state index is 12.8. The molecule has 0 fully saturated rings. The van der Waals surface area contributed by atoms with E-state index in [1.54, 1.807) is 24.3 Å². The van der Waals surface area contributed by atoms with Gasteiger partial charge in [-0.2, -0.15) is 17.5 Å². The first-order chi connectivity index (χ1) is 11.8. The van der Waals surface area contributed by atoms with E-state index in [4.69, 9.17) is 4.74 Å². The smallest absolute Gasteiger partial charge is 0.451 e. The summed E-state index contributed by atoms with van der Waals surface area (Å²) >= 11 is 0. The van der Waals surface area contributed by atoms with E-state index in [2.05, 4.69) is 10.2 Å². The van der Waals surface area contributed by atoms with Gasteiger partial charge in [0.1, 0.15) is 18.2 Å². The third kappa shape index (κ3) is 3.93. The number of ether oxygens (including phenoxy) is 1. The molecule has 0 atom stereocenters. The molecule has 0 spiro atoms. The van der Waals surface area contributed by atoms with Gasteiger partial charge in [0, 0.05) is 13.1 Å². The van der Waals surface area contributed by atoms with Crippen LogP contribution in [-0.4, -0.2) is 46.4 Å². The Kier molecular flexibility index (Phi) is 4.69. The number of nitrogens with zero attached hydrogens (tertiary/aromatic N) is 4. The molecule has 1 aromatic heterocycles. The van der Waals surface area contributed by atoms with Crippen LogP contribution < -0.4 is 4.74 Å². The van der Waals surface area contributed by atoms with Gasteiger partial charge in [-0.1, -0.05) is 18.2 Å². The molecular formula is C14H15F3N4O3S. The Morgan fingerprint density at radius 1 is 1.12 bits per heavy atom. The first-order valence-corrected chi connectivity index (χ1v) is 9.03. The molecule has 0 unspecified atom stereocenters. The maximum atomic E-state index is 12.8. The Hall–Kier alpha value is -2.14. The van der Waals surface area contributed by atoms with Gasteiger partial charge in [0.15, 0.2) is 0 Å². The maximum Gasteiger partial charge on any atom is 0.451 e. The normalized spacial score (nSPS) is 15.8. The topological polar surface area (TPSA) is 77.3 Å². The lowest BCUT2D eigenvalue weighted by molar-refractivity contribution is -0.147. The van der Waals surface area contributed by atoms with Crippen LogP contribution in [0.3, 0.4) is 0 Å². The number of para-hydroxylation sites is 1. The molecule has 0 N–H and O–H groups in total. The summed E-state index contributed by atoms with van der Waals surface area (Å²) < 4.78 is 70.5. The zero-order valence-electron chi connectivity index (χ0n) is 13.0. The molecule has 0 bridgehead atoms. The molecule has 0 aliphatic carbocycles. The molecule has 2 aromatic rings. The van der Waals surface area contributed by atoms with E-state index in [1.807, 2.05) is 6.07 Å². The van der Waals surface area contributed by atoms with Gasteiger partial charge in [-0.25, -0.2) is 8.42 Å². The van der Waals surface area contributed by atoms with Gasteiger partial charge in [0.05, 0.1) is 12.3 Å². The second kappa shape index (κ2) is 6.64. The lowest BCUT2D eigenvalue weighted by Crippen LogP contribution is -2.41. The second-order valence-corrected chi connectivity index (χ2v) is 7.49. The number of hydrogen-bond donors (Lipinski definition) is 0. The fourth-order valence-corrected chi connectivity index (χ4v) is 3.72. The van der Waals surface area contributed by atoms with Crippen LogP contribution in [0.5, 0.6) is 5.75 Å². The summed E-state index contributed by atoms with van der Waals surface area (Å²) in [6.45, 7) is -0.502. The third-order valence-electron chi connectivity index (χ3n) is 3.72. The van der Waals surface area contributed by atoms with E-state index in [-0.39, 0.29) is 37.8 Å². The predicted molar refractivity (Wildman–Crippen MR) is 81.2 cm³/mol. The Balaban J connectivity index is 1.63. The summed E-state index contributed by atoms with van der Waals surface area (Å²) in [6, 6.07) is 8.74. The Morgan fingerprint density at radius 3 is 2.52 bits per heavy atom. The van der Waals surface area contributed by atoms with Crippen LogP contribution in [0, 0.1) is 0 Å². The van der Waals surface area contributed by atoms with Crippen molar-refractivity contribution in [3.63, 3.8) is 0 Å². The second-order valence-electron chi connectivity index (χ2n) is 5.40. The monoisotopic (exact) mass is 376 g/mol. The quantitative estimate of drug-likeness (QED) is 0.791. The number of sulfonamides is 1. The molecule has 7 nitrogen and oxygen atoms in total. The van der Waals surface area contributed by atoms with Crippen LogP contribution >= 0.6 is 0 Å². The molecule has 1 aliphatic heterocycles. The molecular weight excluding hydrogens is 361 g/mol. The lowest BCUT2D eigenvalue weighted by Gasteiger charge is -2.27. The molecule has 1 aliphatic rings. The molecule has 25 heavy (non-hydrogen) atoms. The summed E-state index contributed by atoms with van der Waals surface area (Å²) in [7, 11) is -3.68. The fraction of sp³-hybridized carbons (Fsp3) is 0.429. The zero-order chi connectivity index (χ0) is 18.1. The van der Waals surface area contributed by atoms with Gasteiger partial charge in [-0.05, 0) is 12.1 Å². The van der Waals surface area contributed by atoms with E-state index in [0.717, 1.165) is 8.87 Å². The zero-order valence-corrected chi connectivity index (χ0v) is 13.8. The molecule has 0 radical (unpaired) electrons. The van der Waals surface area contributed by atoms with Crippen molar-refractivity contribution in [3.05, 3.63) is 42.0 Å². The van der Waals surface area contributed by atoms with Crippen molar-refractivity contribution in [2.45, 2.75) is 19.3 Å². The number of hydrogen-bond acceptors (Lipinski definition) is 5. The highest BCUT2D eigenvalue weighted by Gasteiger charge is 2.40. The van der Waals surface area contributed by atoms with Gasteiger partial charge >= 0.3 is 6.18 Å². The van der Waals surface area contributed by atoms with Crippen LogP contribution in [-0.2, 0) is 29.3 Å². The van der Waals surface area contributed by atoms with Gasteiger partial charge in [-0.3, -0.25) is 0 Å². The molecule has 136 valence electrons. The fourth-order valence-electron chi connectivity index (χ4n) is 2.49. The predicted octanol–water partition coefficient (Wildman–Crippen LogP) is 1.52. The number of aromatic nitrogens is 3. The summed E-state index contributed by atoms with van der Waals surface area (Å²) in [5.74, 6) is -0.855. The van der Waals surface area contributed by atoms with E-state index in [1.165, 1.54) is 0 Å². The van der Waals surface area contributed by atoms with Crippen molar-refractivity contribution < 1.29 is 26.3 Å². The molecule has 0 amide bonds. The highest BCUT2D eigenvalue weighted by Crippen LogP contribution is 2.29. The average molecular weight is 376 g/mol. The van der Waals surface area contributed by atoms with Crippen molar-refractivity contribution in [3.8, 4) is 5.75 Å². The SMILES string of the molecule is O=S(=O)(CCOc1ccccc1)N1CCn2c(nnc2C(F)(F)F)C1. The van der Waals surface area contributed by atoms with Gasteiger partial charge in [-0.15, -0.1) is 10.2 Å². The van der Waals surface area contributed by atoms with Crippen LogP contribution in [0.25, 0.3) is 0 Å². The average Bonchev–Trinajstić information content (AvgIpc) is 2.99. The number of alkyl halides is 3. The third-order valence-corrected chi connectivity index (χ3v) is 5.50. The molecule has 0 saturated heterocycles. The van der Waals surface area contributed by atoms with Crippen LogP contribution in [0.1, 0.15) is 11.6 Å². The number of fused-ring (bicyclic) bond motifs is 1. The van der Waals surface area contributed by atoms with Crippen molar-refractivity contribution in [2.75, 3.05) is 18.9 Å². The van der Waals surface area contributed by atoms with E-state index >= 15 is 0 Å². The van der Waals surface area contributed by atoms with Crippen LogP contribution in [0.15, 0.2) is 30.3 Å². The largest absolute Gasteiger partial charge is 0.492 e. The molecule has 11 heteroatoms. The number of benzene rings is 1. The summed E-state index contributed by atoms with van der Waals surface area (Å²) in [4.78, 5) is 0. The van der Waals surface area contributed by atoms with E-state index in [0.29, 0.717) is 5.75 Å². The number of rotatable bonds is 5. The highest BCUT2D eigenvalue weighted by molar-refractivity contribution is 7.89. The Labute approximate surface area is 142 Å². The van der Waals surface area contributed by atoms with Crippen molar-refractivity contribution in [1.82, 2.24) is 19.1 Å². The minimum absolute atomic E-state index is 0.0221. The molecule has 3 rings (SSSR count). The summed E-state index contributed by atoms with van der Waals surface area (Å²) in [5, 5.41) is 6.60. The standard InChI is InChI=1S/C14H15F3N4O3S/c15-14(16,17)13-19-18-12-10-20(6-7-21(12)13)25(22,23)9-8-24-11-4-2-1-3-5-11/h1-5H,6-10H2.